The topological polar surface area (TPSA) is 38.4 Å². The molecule has 1 heterocycles. The fourth-order valence-corrected chi connectivity index (χ4v) is 1.06. The zero-order chi connectivity index (χ0) is 6.74. The molecule has 10 heavy (non-hydrogen) atoms. The van der Waals surface area contributed by atoms with Crippen LogP contribution < -0.4 is 18.1 Å². The summed E-state index contributed by atoms with van der Waals surface area (Å²) in [6, 6.07) is 0. The van der Waals surface area contributed by atoms with E-state index < -0.39 is 0 Å². The normalized spacial score (nSPS) is 30.2. The molecular weight excluding hydrogens is 150 g/mol. The number of aliphatic imine (C=N–C) groups is 1. The van der Waals surface area contributed by atoms with Crippen LogP contribution in [0.1, 0.15) is 0 Å². The summed E-state index contributed by atoms with van der Waals surface area (Å²) in [4.78, 5) is 4.15. The molecule has 0 aliphatic carbocycles. The van der Waals surface area contributed by atoms with Crippen molar-refractivity contribution in [2.24, 2.45) is 10.7 Å². The smallest absolute Gasteiger partial charge is 0.185 e. The van der Waals surface area contributed by atoms with Crippen LogP contribution in [0.3, 0.4) is 0 Å². The van der Waals surface area contributed by atoms with Gasteiger partial charge in [-0.2, -0.15) is 0 Å². The molecule has 0 bridgehead atoms. The summed E-state index contributed by atoms with van der Waals surface area (Å²) in [5.41, 5.74) is 5.42. The summed E-state index contributed by atoms with van der Waals surface area (Å²) in [6.45, 7) is 3.86. The van der Waals surface area contributed by atoms with E-state index in [9.17, 15) is 0 Å². The minimum atomic E-state index is 0. The Kier molecular flexibility index (Phi) is 3.86. The number of nitrogens with two attached hydrogens (primary N) is 1. The van der Waals surface area contributed by atoms with E-state index in [4.69, 9.17) is 5.73 Å². The maximum absolute atomic E-state index is 5.42. The quantitative estimate of drug-likeness (QED) is 0.421. The summed E-state index contributed by atoms with van der Waals surface area (Å²) >= 11 is 0. The third kappa shape index (κ3) is 2.25. The SMILES string of the molecule is C[N+]1(CCN)C=NCC1.[Cl-]. The number of hydrogen-bond donors (Lipinski definition) is 1. The summed E-state index contributed by atoms with van der Waals surface area (Å²) in [6.07, 6.45) is 1.99. The largest absolute Gasteiger partial charge is 1.00 e. The van der Waals surface area contributed by atoms with Crippen LogP contribution in [0.5, 0.6) is 0 Å². The van der Waals surface area contributed by atoms with E-state index in [-0.39, 0.29) is 12.4 Å². The Morgan fingerprint density at radius 2 is 2.40 bits per heavy atom. The molecule has 4 heteroatoms. The number of halogens is 1. The van der Waals surface area contributed by atoms with Crippen LogP contribution in [0.2, 0.25) is 0 Å². The third-order valence-electron chi connectivity index (χ3n) is 1.74. The van der Waals surface area contributed by atoms with Crippen LogP contribution in [-0.2, 0) is 0 Å². The van der Waals surface area contributed by atoms with Gasteiger partial charge < -0.3 is 18.1 Å². The van der Waals surface area contributed by atoms with Crippen molar-refractivity contribution in [3.8, 4) is 0 Å². The second kappa shape index (κ2) is 3.91. The number of rotatable bonds is 2. The lowest BCUT2D eigenvalue weighted by Gasteiger charge is -2.23. The highest BCUT2D eigenvalue weighted by Gasteiger charge is 2.21. The van der Waals surface area contributed by atoms with E-state index in [0.717, 1.165) is 30.7 Å². The third-order valence-corrected chi connectivity index (χ3v) is 1.74. The molecule has 0 spiro atoms. The van der Waals surface area contributed by atoms with E-state index in [2.05, 4.69) is 12.0 Å². The molecular formula is C6H14ClN3. The van der Waals surface area contributed by atoms with Crippen LogP contribution in [0.4, 0.5) is 0 Å². The van der Waals surface area contributed by atoms with Crippen molar-refractivity contribution in [2.75, 3.05) is 33.2 Å². The Hall–Kier alpha value is -0.120. The van der Waals surface area contributed by atoms with Gasteiger partial charge in [0.1, 0.15) is 6.54 Å². The van der Waals surface area contributed by atoms with Crippen LogP contribution in [0.25, 0.3) is 0 Å². The van der Waals surface area contributed by atoms with Crippen LogP contribution >= 0.6 is 0 Å². The molecule has 0 fully saturated rings. The molecule has 3 nitrogen and oxygen atoms in total. The molecule has 0 aromatic carbocycles. The molecule has 0 aromatic rings. The van der Waals surface area contributed by atoms with Gasteiger partial charge in [0.15, 0.2) is 6.34 Å². The molecule has 60 valence electrons. The second-order valence-electron chi connectivity index (χ2n) is 2.74. The van der Waals surface area contributed by atoms with Crippen molar-refractivity contribution in [3.63, 3.8) is 0 Å². The molecule has 1 atom stereocenters. The average Bonchev–Trinajstić information content (AvgIpc) is 2.16. The molecule has 1 unspecified atom stereocenters. The number of likely N-dealkylation sites (N-methyl/N-ethyl adjacent to an activating group) is 1. The maximum atomic E-state index is 5.42. The van der Waals surface area contributed by atoms with Crippen molar-refractivity contribution in [2.45, 2.75) is 0 Å². The highest BCUT2D eigenvalue weighted by molar-refractivity contribution is 5.47. The molecule has 0 saturated heterocycles. The monoisotopic (exact) mass is 163 g/mol. The Morgan fingerprint density at radius 3 is 2.80 bits per heavy atom. The predicted molar refractivity (Wildman–Crippen MR) is 38.3 cm³/mol. The van der Waals surface area contributed by atoms with Crippen molar-refractivity contribution in [3.05, 3.63) is 0 Å². The standard InChI is InChI=1S/C6H14N3.ClH/c1-9(4-2-7)5-3-8-6-9;/h6H,2-5,7H2,1H3;1H/q+1;/p-1. The zero-order valence-electron chi connectivity index (χ0n) is 6.26. The fraction of sp³-hybridized carbons (Fsp3) is 0.833. The van der Waals surface area contributed by atoms with Gasteiger partial charge in [-0.25, -0.2) is 4.99 Å². The molecule has 0 aromatic heterocycles. The predicted octanol–water partition coefficient (Wildman–Crippen LogP) is -3.56. The van der Waals surface area contributed by atoms with Gasteiger partial charge >= 0.3 is 0 Å². The van der Waals surface area contributed by atoms with Gasteiger partial charge in [0.2, 0.25) is 0 Å². The fourth-order valence-electron chi connectivity index (χ4n) is 1.06. The van der Waals surface area contributed by atoms with Crippen LogP contribution in [-0.4, -0.2) is 44.0 Å². The molecule has 1 aliphatic heterocycles. The number of hydrogen-bond acceptors (Lipinski definition) is 2. The average molecular weight is 164 g/mol. The molecule has 0 radical (unpaired) electrons. The maximum Gasteiger partial charge on any atom is 0.185 e. The Bertz CT molecular complexity index is 126. The van der Waals surface area contributed by atoms with Crippen LogP contribution in [0.15, 0.2) is 4.99 Å². The van der Waals surface area contributed by atoms with Gasteiger partial charge in [-0.15, -0.1) is 0 Å². The summed E-state index contributed by atoms with van der Waals surface area (Å²) in [5.74, 6) is 0. The van der Waals surface area contributed by atoms with Crippen molar-refractivity contribution in [1.29, 1.82) is 0 Å². The lowest BCUT2D eigenvalue weighted by atomic mass is 10.4. The van der Waals surface area contributed by atoms with E-state index in [1.54, 1.807) is 0 Å². The summed E-state index contributed by atoms with van der Waals surface area (Å²) in [7, 11) is 2.16. The Labute approximate surface area is 67.9 Å². The minimum absolute atomic E-state index is 0. The molecule has 2 N–H and O–H groups in total. The molecule has 1 aliphatic rings. The molecule has 0 saturated carbocycles. The van der Waals surface area contributed by atoms with E-state index in [1.807, 2.05) is 6.34 Å². The summed E-state index contributed by atoms with van der Waals surface area (Å²) in [5, 5.41) is 0. The van der Waals surface area contributed by atoms with E-state index >= 15 is 0 Å². The van der Waals surface area contributed by atoms with Gasteiger partial charge in [0, 0.05) is 6.54 Å². The van der Waals surface area contributed by atoms with Crippen molar-refractivity contribution >= 4 is 6.34 Å². The van der Waals surface area contributed by atoms with E-state index in [0.29, 0.717) is 0 Å². The number of quaternary nitrogens is 1. The van der Waals surface area contributed by atoms with Gasteiger partial charge in [-0.05, 0) is 0 Å². The van der Waals surface area contributed by atoms with Crippen molar-refractivity contribution < 1.29 is 16.9 Å². The highest BCUT2D eigenvalue weighted by atomic mass is 35.5. The lowest BCUT2D eigenvalue weighted by molar-refractivity contribution is -0.805. The first kappa shape index (κ1) is 9.88. The van der Waals surface area contributed by atoms with Gasteiger partial charge in [-0.1, -0.05) is 0 Å². The first-order valence-corrected chi connectivity index (χ1v) is 3.32. The zero-order valence-corrected chi connectivity index (χ0v) is 7.01. The Balaban J connectivity index is 0.000000810. The highest BCUT2D eigenvalue weighted by Crippen LogP contribution is 2.02. The molecule has 1 rings (SSSR count). The first-order valence-electron chi connectivity index (χ1n) is 3.32. The van der Waals surface area contributed by atoms with Gasteiger partial charge in [0.25, 0.3) is 0 Å². The number of nitrogens with zero attached hydrogens (tertiary/aromatic N) is 2. The van der Waals surface area contributed by atoms with Crippen molar-refractivity contribution in [1.82, 2.24) is 0 Å². The van der Waals surface area contributed by atoms with E-state index in [1.165, 1.54) is 0 Å². The van der Waals surface area contributed by atoms with Gasteiger partial charge in [-0.3, -0.25) is 4.48 Å². The first-order chi connectivity index (χ1) is 4.27. The Morgan fingerprint density at radius 1 is 1.70 bits per heavy atom. The molecule has 0 amide bonds. The lowest BCUT2D eigenvalue weighted by Crippen LogP contribution is -3.00. The summed E-state index contributed by atoms with van der Waals surface area (Å²) < 4.78 is 0.927. The van der Waals surface area contributed by atoms with Gasteiger partial charge in [0.05, 0.1) is 20.1 Å². The second-order valence-corrected chi connectivity index (χ2v) is 2.74. The van der Waals surface area contributed by atoms with Crippen LogP contribution in [0, 0.1) is 0 Å². The minimum Gasteiger partial charge on any atom is -1.00 e.